The summed E-state index contributed by atoms with van der Waals surface area (Å²) in [5, 5.41) is 15.5. The summed E-state index contributed by atoms with van der Waals surface area (Å²) >= 11 is 7.86. The Morgan fingerprint density at radius 2 is 2.00 bits per heavy atom. The number of carboxylic acid groups (broad SMARTS) is 1. The second-order valence-electron chi connectivity index (χ2n) is 7.12. The van der Waals surface area contributed by atoms with Crippen LogP contribution in [0, 0.1) is 6.92 Å². The van der Waals surface area contributed by atoms with E-state index in [4.69, 9.17) is 11.6 Å². The summed E-state index contributed by atoms with van der Waals surface area (Å²) in [6.45, 7) is 6.24. The first-order chi connectivity index (χ1) is 13.8. The average molecular weight is 426 g/mol. The first-order valence-electron chi connectivity index (χ1n) is 9.21. The predicted molar refractivity (Wildman–Crippen MR) is 117 cm³/mol. The molecule has 7 heteroatoms. The fraction of sp³-hybridized carbons (Fsp3) is 0.182. The maximum atomic E-state index is 11.3. The number of hydrogen-bond donors (Lipinski definition) is 1. The zero-order valence-corrected chi connectivity index (χ0v) is 17.8. The molecule has 2 aromatic carbocycles. The van der Waals surface area contributed by atoms with Gasteiger partial charge in [0.25, 0.3) is 0 Å². The minimum atomic E-state index is -0.931. The Morgan fingerprint density at radius 1 is 1.21 bits per heavy atom. The third kappa shape index (κ3) is 3.66. The third-order valence-electron chi connectivity index (χ3n) is 4.79. The zero-order chi connectivity index (χ0) is 20.7. The van der Waals surface area contributed by atoms with Crippen LogP contribution in [0.5, 0.6) is 0 Å². The molecule has 0 aliphatic heterocycles. The van der Waals surface area contributed by atoms with Crippen molar-refractivity contribution in [1.82, 2.24) is 14.3 Å². The van der Waals surface area contributed by atoms with Gasteiger partial charge >= 0.3 is 5.97 Å². The van der Waals surface area contributed by atoms with E-state index in [1.54, 1.807) is 30.0 Å². The largest absolute Gasteiger partial charge is 0.478 e. The lowest BCUT2D eigenvalue weighted by molar-refractivity contribution is 0.0696. The van der Waals surface area contributed by atoms with Gasteiger partial charge in [-0.05, 0) is 51.1 Å². The van der Waals surface area contributed by atoms with Crippen LogP contribution in [0.2, 0.25) is 5.02 Å². The molecule has 4 rings (SSSR count). The van der Waals surface area contributed by atoms with Crippen molar-refractivity contribution >= 4 is 40.2 Å². The summed E-state index contributed by atoms with van der Waals surface area (Å²) in [4.78, 5) is 13.3. The van der Waals surface area contributed by atoms with Crippen LogP contribution in [0.15, 0.2) is 64.6 Å². The van der Waals surface area contributed by atoms with E-state index in [0.717, 1.165) is 32.1 Å². The normalized spacial score (nSPS) is 11.5. The molecular weight excluding hydrogens is 406 g/mol. The minimum absolute atomic E-state index is 0.266. The van der Waals surface area contributed by atoms with Gasteiger partial charge in [-0.1, -0.05) is 35.5 Å². The number of aromatic nitrogens is 3. The van der Waals surface area contributed by atoms with Crippen molar-refractivity contribution in [3.8, 4) is 5.69 Å². The van der Waals surface area contributed by atoms with E-state index in [1.807, 2.05) is 41.3 Å². The van der Waals surface area contributed by atoms with Gasteiger partial charge in [0.2, 0.25) is 0 Å². The van der Waals surface area contributed by atoms with E-state index in [2.05, 4.69) is 30.4 Å². The Bertz CT molecular complexity index is 1230. The molecule has 0 radical (unpaired) electrons. The summed E-state index contributed by atoms with van der Waals surface area (Å²) < 4.78 is 4.07. The number of carbonyl (C=O) groups is 1. The lowest BCUT2D eigenvalue weighted by atomic mass is 10.2. The van der Waals surface area contributed by atoms with E-state index in [1.165, 1.54) is 0 Å². The molecule has 0 amide bonds. The maximum Gasteiger partial charge on any atom is 0.335 e. The minimum Gasteiger partial charge on any atom is -0.478 e. The summed E-state index contributed by atoms with van der Waals surface area (Å²) in [6, 6.07) is 13.1. The number of nitrogens with zero attached hydrogens (tertiary/aromatic N) is 3. The highest BCUT2D eigenvalue weighted by molar-refractivity contribution is 7.99. The Kier molecular flexibility index (Phi) is 5.15. The molecule has 2 aromatic heterocycles. The number of hydrogen-bond acceptors (Lipinski definition) is 3. The van der Waals surface area contributed by atoms with Gasteiger partial charge in [-0.25, -0.2) is 4.79 Å². The summed E-state index contributed by atoms with van der Waals surface area (Å²) in [7, 11) is 0. The highest BCUT2D eigenvalue weighted by Crippen LogP contribution is 2.40. The second-order valence-corrected chi connectivity index (χ2v) is 8.64. The molecule has 0 fully saturated rings. The topological polar surface area (TPSA) is 60.0 Å². The monoisotopic (exact) mass is 425 g/mol. The molecule has 4 aromatic rings. The number of rotatable bonds is 5. The van der Waals surface area contributed by atoms with Gasteiger partial charge in [0.15, 0.2) is 0 Å². The lowest BCUT2D eigenvalue weighted by Gasteiger charge is -2.07. The van der Waals surface area contributed by atoms with Crippen LogP contribution in [0.3, 0.4) is 0 Å². The summed E-state index contributed by atoms with van der Waals surface area (Å²) in [5.74, 6) is -0.931. The second kappa shape index (κ2) is 7.61. The number of fused-ring (bicyclic) bond motifs is 1. The van der Waals surface area contributed by atoms with Gasteiger partial charge in [-0.3, -0.25) is 4.68 Å². The van der Waals surface area contributed by atoms with Crippen LogP contribution in [0.1, 0.15) is 35.9 Å². The fourth-order valence-corrected chi connectivity index (χ4v) is 4.61. The first kappa shape index (κ1) is 19.6. The molecule has 0 spiro atoms. The highest BCUT2D eigenvalue weighted by Gasteiger charge is 2.18. The Morgan fingerprint density at radius 3 is 2.69 bits per heavy atom. The van der Waals surface area contributed by atoms with E-state index < -0.39 is 5.97 Å². The van der Waals surface area contributed by atoms with E-state index in [0.29, 0.717) is 5.02 Å². The lowest BCUT2D eigenvalue weighted by Crippen LogP contribution is -2.00. The van der Waals surface area contributed by atoms with Crippen LogP contribution in [-0.2, 0) is 0 Å². The molecule has 148 valence electrons. The van der Waals surface area contributed by atoms with E-state index in [-0.39, 0.29) is 11.6 Å². The maximum absolute atomic E-state index is 11.3. The molecule has 0 saturated carbocycles. The van der Waals surface area contributed by atoms with Crippen LogP contribution < -0.4 is 0 Å². The van der Waals surface area contributed by atoms with Crippen LogP contribution in [0.4, 0.5) is 0 Å². The van der Waals surface area contributed by atoms with Gasteiger partial charge in [0.05, 0.1) is 23.0 Å². The number of carboxylic acids is 1. The van der Waals surface area contributed by atoms with Crippen molar-refractivity contribution < 1.29 is 9.90 Å². The molecular formula is C22H20ClN3O2S. The smallest absolute Gasteiger partial charge is 0.335 e. The molecule has 29 heavy (non-hydrogen) atoms. The number of benzene rings is 2. The van der Waals surface area contributed by atoms with Crippen LogP contribution in [0.25, 0.3) is 16.6 Å². The van der Waals surface area contributed by atoms with Crippen molar-refractivity contribution in [2.24, 2.45) is 0 Å². The first-order valence-corrected chi connectivity index (χ1v) is 10.4. The van der Waals surface area contributed by atoms with Crippen molar-refractivity contribution in [3.05, 3.63) is 71.1 Å². The Hall–Kier alpha value is -2.70. The molecule has 1 N–H and O–H groups in total. The van der Waals surface area contributed by atoms with Gasteiger partial charge in [0, 0.05) is 38.1 Å². The van der Waals surface area contributed by atoms with Crippen LogP contribution in [-0.4, -0.2) is 25.4 Å². The standard InChI is InChI=1S/C22H20ClN3O2S/c1-13(2)25-12-17(11-24-25)26-14(3)21(19-8-7-16(23)10-20(19)26)29-18-6-4-5-15(9-18)22(27)28/h4-13H,1-3H3,(H,27,28). The number of aromatic carboxylic acids is 1. The van der Waals surface area contributed by atoms with Gasteiger partial charge in [0.1, 0.15) is 0 Å². The zero-order valence-electron chi connectivity index (χ0n) is 16.3. The molecule has 0 unspecified atom stereocenters. The molecule has 0 bridgehead atoms. The van der Waals surface area contributed by atoms with E-state index >= 15 is 0 Å². The molecule has 2 heterocycles. The van der Waals surface area contributed by atoms with Gasteiger partial charge in [-0.2, -0.15) is 5.10 Å². The number of halogens is 1. The summed E-state index contributed by atoms with van der Waals surface area (Å²) in [6.07, 6.45) is 3.88. The molecule has 0 saturated heterocycles. The van der Waals surface area contributed by atoms with E-state index in [9.17, 15) is 9.90 Å². The predicted octanol–water partition coefficient (Wildman–Crippen LogP) is 6.22. The molecule has 5 nitrogen and oxygen atoms in total. The fourth-order valence-electron chi connectivity index (χ4n) is 3.36. The highest BCUT2D eigenvalue weighted by atomic mass is 35.5. The van der Waals surface area contributed by atoms with Crippen molar-refractivity contribution in [2.75, 3.05) is 0 Å². The van der Waals surface area contributed by atoms with Crippen molar-refractivity contribution in [1.29, 1.82) is 0 Å². The molecule has 0 atom stereocenters. The summed E-state index contributed by atoms with van der Waals surface area (Å²) in [5.41, 5.74) is 3.29. The quantitative estimate of drug-likeness (QED) is 0.412. The van der Waals surface area contributed by atoms with Crippen molar-refractivity contribution in [2.45, 2.75) is 36.6 Å². The van der Waals surface area contributed by atoms with Crippen LogP contribution >= 0.6 is 23.4 Å². The SMILES string of the molecule is Cc1c(Sc2cccc(C(=O)O)c2)c2ccc(Cl)cc2n1-c1cnn(C(C)C)c1. The van der Waals surface area contributed by atoms with Gasteiger partial charge < -0.3 is 9.67 Å². The Labute approximate surface area is 177 Å². The van der Waals surface area contributed by atoms with Crippen molar-refractivity contribution in [3.63, 3.8) is 0 Å². The molecule has 0 aliphatic carbocycles. The third-order valence-corrected chi connectivity index (χ3v) is 6.23. The average Bonchev–Trinajstić information content (AvgIpc) is 3.25. The molecule has 0 aliphatic rings. The Balaban J connectivity index is 1.88. The van der Waals surface area contributed by atoms with Gasteiger partial charge in [-0.15, -0.1) is 0 Å².